The molecule has 216 valence electrons. The average molecular weight is 585 g/mol. The van der Waals surface area contributed by atoms with E-state index in [1.807, 2.05) is 20.9 Å². The number of hydrogen-bond acceptors (Lipinski definition) is 9. The summed E-state index contributed by atoms with van der Waals surface area (Å²) in [7, 11) is -1.28. The van der Waals surface area contributed by atoms with E-state index in [2.05, 4.69) is 24.8 Å². The summed E-state index contributed by atoms with van der Waals surface area (Å²) in [6.07, 6.45) is 2.74. The zero-order valence-electron chi connectivity index (χ0n) is 22.7. The van der Waals surface area contributed by atoms with Crippen LogP contribution in [0.1, 0.15) is 60.3 Å². The van der Waals surface area contributed by atoms with E-state index in [4.69, 9.17) is 5.73 Å². The first-order chi connectivity index (χ1) is 18.4. The minimum atomic E-state index is -3.31. The summed E-state index contributed by atoms with van der Waals surface area (Å²) in [6.45, 7) is 7.54. The summed E-state index contributed by atoms with van der Waals surface area (Å²) in [5, 5.41) is 3.65. The molecule has 2 fully saturated rings. The van der Waals surface area contributed by atoms with Gasteiger partial charge in [-0.1, -0.05) is 25.2 Å². The van der Waals surface area contributed by atoms with Gasteiger partial charge in [-0.15, -0.1) is 0 Å². The van der Waals surface area contributed by atoms with Crippen LogP contribution in [0.3, 0.4) is 0 Å². The second kappa shape index (κ2) is 12.5. The first-order valence-corrected chi connectivity index (χ1v) is 15.8. The van der Waals surface area contributed by atoms with E-state index in [0.29, 0.717) is 42.9 Å². The molecule has 1 aliphatic heterocycles. The largest absolute Gasteiger partial charge is 0.382 e. The number of halogens is 2. The van der Waals surface area contributed by atoms with E-state index in [1.165, 1.54) is 12.1 Å². The van der Waals surface area contributed by atoms with E-state index in [0.717, 1.165) is 37.5 Å². The number of anilines is 2. The Morgan fingerprint density at radius 3 is 2.28 bits per heavy atom. The number of nitrogens with two attached hydrogens (primary N) is 1. The number of benzene rings is 1. The molecule has 2 aromatic rings. The van der Waals surface area contributed by atoms with Crippen molar-refractivity contribution in [1.82, 2.24) is 19.5 Å². The molecule has 2 heterocycles. The highest BCUT2D eigenvalue weighted by molar-refractivity contribution is 7.89. The van der Waals surface area contributed by atoms with Crippen LogP contribution in [0, 0.1) is 17.6 Å². The van der Waals surface area contributed by atoms with Gasteiger partial charge in [0.15, 0.2) is 5.13 Å². The van der Waals surface area contributed by atoms with Crippen LogP contribution in [0.25, 0.3) is 0 Å². The summed E-state index contributed by atoms with van der Waals surface area (Å²) in [5.74, 6) is -2.59. The molecule has 9 nitrogen and oxygen atoms in total. The summed E-state index contributed by atoms with van der Waals surface area (Å²) in [5.41, 5.74) is 5.84. The van der Waals surface area contributed by atoms with Crippen molar-refractivity contribution in [2.75, 3.05) is 50.0 Å². The van der Waals surface area contributed by atoms with E-state index in [-0.39, 0.29) is 34.4 Å². The third-order valence-electron chi connectivity index (χ3n) is 7.14. The van der Waals surface area contributed by atoms with E-state index in [9.17, 15) is 22.0 Å². The lowest BCUT2D eigenvalue weighted by Gasteiger charge is -2.32. The number of nitrogens with zero attached hydrogens (tertiary/aromatic N) is 3. The standard InChI is InChI=1S/C26H38F2N6O3S2/c1-16(2)15-39(36,37)32-19-6-4-18(5-7-19)30-26-31-25(29)24(38-26)23(35)22-20(27)12-17(13-21(22)28)14-34-10-8-33(3)9-11-34/h12-13,16,18-19,32H,4-11,14-15,29H2,1-3H3,(H,30,31). The fourth-order valence-electron chi connectivity index (χ4n) is 5.14. The Labute approximate surface area is 233 Å². The molecule has 0 spiro atoms. The highest BCUT2D eigenvalue weighted by Crippen LogP contribution is 2.32. The maximum atomic E-state index is 15.0. The summed E-state index contributed by atoms with van der Waals surface area (Å²) < 4.78 is 57.2. The lowest BCUT2D eigenvalue weighted by atomic mass is 9.92. The van der Waals surface area contributed by atoms with Crippen LogP contribution in [0.5, 0.6) is 0 Å². The summed E-state index contributed by atoms with van der Waals surface area (Å²) >= 11 is 0.970. The molecule has 0 unspecified atom stereocenters. The number of ketones is 1. The summed E-state index contributed by atoms with van der Waals surface area (Å²) in [4.78, 5) is 21.6. The van der Waals surface area contributed by atoms with Gasteiger partial charge in [0.1, 0.15) is 22.3 Å². The number of carbonyl (C=O) groups is 1. The maximum Gasteiger partial charge on any atom is 0.212 e. The van der Waals surface area contributed by atoms with E-state index >= 15 is 0 Å². The average Bonchev–Trinajstić information content (AvgIpc) is 3.20. The van der Waals surface area contributed by atoms with Crippen molar-refractivity contribution in [2.45, 2.75) is 58.2 Å². The van der Waals surface area contributed by atoms with E-state index < -0.39 is 33.0 Å². The number of thiazole rings is 1. The van der Waals surface area contributed by atoms with Crippen molar-refractivity contribution in [1.29, 1.82) is 0 Å². The Hall–Kier alpha value is -2.19. The Morgan fingerprint density at radius 2 is 1.69 bits per heavy atom. The number of nitrogens with one attached hydrogen (secondary N) is 2. The van der Waals surface area contributed by atoms with Gasteiger partial charge in [-0.3, -0.25) is 9.69 Å². The molecule has 13 heteroatoms. The van der Waals surface area contributed by atoms with Crippen LogP contribution in [0.2, 0.25) is 0 Å². The van der Waals surface area contributed by atoms with Crippen molar-refractivity contribution >= 4 is 38.1 Å². The quantitative estimate of drug-likeness (QED) is 0.364. The number of carbonyl (C=O) groups excluding carboxylic acids is 1. The summed E-state index contributed by atoms with van der Waals surface area (Å²) in [6, 6.07) is 2.35. The molecule has 1 saturated heterocycles. The van der Waals surface area contributed by atoms with Gasteiger partial charge in [0.05, 0.1) is 11.3 Å². The molecule has 39 heavy (non-hydrogen) atoms. The molecule has 0 radical (unpaired) electrons. The fourth-order valence-corrected chi connectivity index (χ4v) is 7.76. The second-order valence-corrected chi connectivity index (χ2v) is 13.9. The van der Waals surface area contributed by atoms with Gasteiger partial charge in [-0.2, -0.15) is 0 Å². The predicted octanol–water partition coefficient (Wildman–Crippen LogP) is 3.28. The van der Waals surface area contributed by atoms with Crippen molar-refractivity contribution in [2.24, 2.45) is 5.92 Å². The number of likely N-dealkylation sites (N-methyl/N-ethyl adjacent to an activating group) is 1. The molecule has 0 atom stereocenters. The Bertz CT molecular complexity index is 1250. The number of piperazine rings is 1. The van der Waals surface area contributed by atoms with Crippen LogP contribution in [-0.4, -0.2) is 80.0 Å². The molecule has 1 saturated carbocycles. The molecular weight excluding hydrogens is 546 g/mol. The number of aromatic nitrogens is 1. The molecule has 2 aliphatic rings. The van der Waals surface area contributed by atoms with Gasteiger partial charge in [-0.25, -0.2) is 26.9 Å². The number of hydrogen-bond donors (Lipinski definition) is 3. The molecule has 1 aromatic heterocycles. The van der Waals surface area contributed by atoms with Gasteiger partial charge in [0.2, 0.25) is 15.8 Å². The van der Waals surface area contributed by atoms with Gasteiger partial charge in [0.25, 0.3) is 0 Å². The predicted molar refractivity (Wildman–Crippen MR) is 151 cm³/mol. The SMILES string of the molecule is CC(C)CS(=O)(=O)NC1CCC(Nc2nc(N)c(C(=O)c3c(F)cc(CN4CCN(C)CC4)cc3F)s2)CC1. The second-order valence-electron chi connectivity index (χ2n) is 11.1. The molecule has 0 bridgehead atoms. The molecule has 1 aliphatic carbocycles. The zero-order chi connectivity index (χ0) is 28.3. The Kier molecular flexibility index (Phi) is 9.58. The molecule has 1 aromatic carbocycles. The van der Waals surface area contributed by atoms with Crippen molar-refractivity contribution < 1.29 is 22.0 Å². The van der Waals surface area contributed by atoms with E-state index in [1.54, 1.807) is 0 Å². The highest BCUT2D eigenvalue weighted by Gasteiger charge is 2.28. The number of sulfonamides is 1. The van der Waals surface area contributed by atoms with Crippen molar-refractivity contribution in [3.8, 4) is 0 Å². The molecule has 4 N–H and O–H groups in total. The molecular formula is C26H38F2N6O3S2. The topological polar surface area (TPSA) is 121 Å². The normalized spacial score (nSPS) is 21.4. The van der Waals surface area contributed by atoms with Crippen LogP contribution in [0.4, 0.5) is 19.7 Å². The number of rotatable bonds is 10. The van der Waals surface area contributed by atoms with Crippen molar-refractivity contribution in [3.63, 3.8) is 0 Å². The van der Waals surface area contributed by atoms with Crippen LogP contribution in [-0.2, 0) is 16.6 Å². The molecule has 0 amide bonds. The van der Waals surface area contributed by atoms with Gasteiger partial charge < -0.3 is 16.0 Å². The van der Waals surface area contributed by atoms with Crippen molar-refractivity contribution in [3.05, 3.63) is 39.8 Å². The lowest BCUT2D eigenvalue weighted by Crippen LogP contribution is -2.43. The first-order valence-electron chi connectivity index (χ1n) is 13.4. The van der Waals surface area contributed by atoms with Gasteiger partial charge in [0, 0.05) is 44.8 Å². The third kappa shape index (κ3) is 7.94. The Balaban J connectivity index is 1.37. The minimum absolute atomic E-state index is 0.0164. The maximum absolute atomic E-state index is 15.0. The van der Waals surface area contributed by atoms with Crippen LogP contribution < -0.4 is 15.8 Å². The monoisotopic (exact) mass is 584 g/mol. The first kappa shape index (κ1) is 29.8. The smallest absolute Gasteiger partial charge is 0.212 e. The Morgan fingerprint density at radius 1 is 1.10 bits per heavy atom. The number of nitrogen functional groups attached to an aromatic ring is 1. The van der Waals surface area contributed by atoms with Gasteiger partial charge in [-0.05, 0) is 56.3 Å². The highest BCUT2D eigenvalue weighted by atomic mass is 32.2. The fraction of sp³-hybridized carbons (Fsp3) is 0.615. The minimum Gasteiger partial charge on any atom is -0.382 e. The third-order valence-corrected chi connectivity index (χ3v) is 9.94. The van der Waals surface area contributed by atoms with Crippen LogP contribution in [0.15, 0.2) is 12.1 Å². The van der Waals surface area contributed by atoms with Crippen LogP contribution >= 0.6 is 11.3 Å². The van der Waals surface area contributed by atoms with Gasteiger partial charge >= 0.3 is 0 Å². The zero-order valence-corrected chi connectivity index (χ0v) is 24.3. The lowest BCUT2D eigenvalue weighted by molar-refractivity contribution is 0.103. The molecule has 4 rings (SSSR count).